The quantitative estimate of drug-likeness (QED) is 0.762. The lowest BCUT2D eigenvalue weighted by Gasteiger charge is -2.16. The number of carbonyl (C=O) groups is 1. The molecule has 90 valence electrons. The standard InChI is InChI=1S/C10H18N4O2/c1-7-12-14(10(2,3)4)9(16)13(7)6-8(15)11-5/h6H2,1-5H3,(H,11,15). The van der Waals surface area contributed by atoms with Crippen LogP contribution in [-0.4, -0.2) is 27.3 Å². The molecule has 0 unspecified atom stereocenters. The number of carbonyl (C=O) groups excluding carboxylic acids is 1. The van der Waals surface area contributed by atoms with Crippen LogP contribution in [0.15, 0.2) is 4.79 Å². The summed E-state index contributed by atoms with van der Waals surface area (Å²) in [4.78, 5) is 23.2. The predicted octanol–water partition coefficient (Wildman–Crippen LogP) is -0.146. The molecule has 0 saturated heterocycles. The summed E-state index contributed by atoms with van der Waals surface area (Å²) >= 11 is 0. The molecule has 0 aliphatic carbocycles. The molecule has 0 atom stereocenters. The van der Waals surface area contributed by atoms with Crippen molar-refractivity contribution in [2.24, 2.45) is 0 Å². The van der Waals surface area contributed by atoms with Crippen LogP contribution in [0.2, 0.25) is 0 Å². The molecule has 1 heterocycles. The number of hydrogen-bond donors (Lipinski definition) is 1. The minimum absolute atomic E-state index is 0.0112. The van der Waals surface area contributed by atoms with Crippen LogP contribution in [0.3, 0.4) is 0 Å². The summed E-state index contributed by atoms with van der Waals surface area (Å²) in [6, 6.07) is 0. The first-order valence-corrected chi connectivity index (χ1v) is 5.15. The molecule has 0 spiro atoms. The number of hydrogen-bond acceptors (Lipinski definition) is 3. The molecule has 0 aliphatic heterocycles. The molecule has 0 fully saturated rings. The van der Waals surface area contributed by atoms with Gasteiger partial charge >= 0.3 is 5.69 Å². The lowest BCUT2D eigenvalue weighted by Crippen LogP contribution is -2.37. The van der Waals surface area contributed by atoms with Gasteiger partial charge in [0.15, 0.2) is 0 Å². The third kappa shape index (κ3) is 2.32. The van der Waals surface area contributed by atoms with E-state index in [-0.39, 0.29) is 23.7 Å². The number of nitrogens with zero attached hydrogens (tertiary/aromatic N) is 3. The summed E-state index contributed by atoms with van der Waals surface area (Å²) in [5.74, 6) is 0.335. The van der Waals surface area contributed by atoms with Crippen molar-refractivity contribution in [3.63, 3.8) is 0 Å². The van der Waals surface area contributed by atoms with Crippen LogP contribution in [0.1, 0.15) is 26.6 Å². The molecule has 1 N–H and O–H groups in total. The van der Waals surface area contributed by atoms with E-state index in [2.05, 4.69) is 10.4 Å². The molecule has 0 radical (unpaired) electrons. The summed E-state index contributed by atoms with van der Waals surface area (Å²) in [6.07, 6.45) is 0. The predicted molar refractivity (Wildman–Crippen MR) is 60.3 cm³/mol. The van der Waals surface area contributed by atoms with E-state index in [1.54, 1.807) is 6.92 Å². The van der Waals surface area contributed by atoms with Gasteiger partial charge in [-0.05, 0) is 27.7 Å². The largest absolute Gasteiger partial charge is 0.358 e. The van der Waals surface area contributed by atoms with E-state index < -0.39 is 0 Å². The van der Waals surface area contributed by atoms with Crippen molar-refractivity contribution in [3.05, 3.63) is 16.3 Å². The van der Waals surface area contributed by atoms with E-state index in [0.29, 0.717) is 5.82 Å². The Bertz CT molecular complexity index is 450. The second-order valence-electron chi connectivity index (χ2n) is 4.67. The molecule has 0 aromatic carbocycles. The number of nitrogens with one attached hydrogen (secondary N) is 1. The van der Waals surface area contributed by atoms with Crippen LogP contribution in [0.25, 0.3) is 0 Å². The van der Waals surface area contributed by atoms with Crippen molar-refractivity contribution in [2.45, 2.75) is 39.8 Å². The fourth-order valence-corrected chi connectivity index (χ4v) is 1.34. The fraction of sp³-hybridized carbons (Fsp3) is 0.700. The number of rotatable bonds is 2. The molecule has 0 saturated carbocycles. The highest BCUT2D eigenvalue weighted by molar-refractivity contribution is 5.75. The van der Waals surface area contributed by atoms with Crippen molar-refractivity contribution >= 4 is 5.91 Å². The van der Waals surface area contributed by atoms with Crippen molar-refractivity contribution in [3.8, 4) is 0 Å². The highest BCUT2D eigenvalue weighted by atomic mass is 16.2. The molecule has 0 bridgehead atoms. The summed E-state index contributed by atoms with van der Waals surface area (Å²) in [5, 5.41) is 6.64. The Kier molecular flexibility index (Phi) is 3.21. The molecule has 6 nitrogen and oxygen atoms in total. The molecule has 16 heavy (non-hydrogen) atoms. The van der Waals surface area contributed by atoms with Crippen molar-refractivity contribution in [2.75, 3.05) is 7.05 Å². The first-order valence-electron chi connectivity index (χ1n) is 5.15. The first kappa shape index (κ1) is 12.5. The molecule has 6 heteroatoms. The maximum atomic E-state index is 12.0. The summed E-state index contributed by atoms with van der Waals surface area (Å²) in [5.41, 5.74) is -0.635. The zero-order valence-electron chi connectivity index (χ0n) is 10.4. The van der Waals surface area contributed by atoms with E-state index in [1.165, 1.54) is 16.3 Å². The summed E-state index contributed by atoms with van der Waals surface area (Å²) in [6.45, 7) is 7.41. The van der Waals surface area contributed by atoms with Crippen LogP contribution in [0.4, 0.5) is 0 Å². The number of aryl methyl sites for hydroxylation is 1. The highest BCUT2D eigenvalue weighted by Crippen LogP contribution is 2.09. The van der Waals surface area contributed by atoms with E-state index in [1.807, 2.05) is 20.8 Å². The Balaban J connectivity index is 3.18. The van der Waals surface area contributed by atoms with Crippen LogP contribution in [0, 0.1) is 6.92 Å². The second kappa shape index (κ2) is 4.11. The zero-order chi connectivity index (χ0) is 12.5. The van der Waals surface area contributed by atoms with Gasteiger partial charge < -0.3 is 5.32 Å². The van der Waals surface area contributed by atoms with Gasteiger partial charge in [-0.1, -0.05) is 0 Å². The number of likely N-dealkylation sites (N-methyl/N-ethyl adjacent to an activating group) is 1. The molecule has 1 rings (SSSR count). The lowest BCUT2D eigenvalue weighted by atomic mass is 10.1. The van der Waals surface area contributed by atoms with E-state index >= 15 is 0 Å². The summed E-state index contributed by atoms with van der Waals surface area (Å²) < 4.78 is 2.76. The molecular weight excluding hydrogens is 208 g/mol. The van der Waals surface area contributed by atoms with E-state index in [4.69, 9.17) is 0 Å². The van der Waals surface area contributed by atoms with Crippen molar-refractivity contribution in [1.29, 1.82) is 0 Å². The molecule has 1 amide bonds. The van der Waals surface area contributed by atoms with Crippen molar-refractivity contribution < 1.29 is 4.79 Å². The number of amides is 1. The van der Waals surface area contributed by atoms with Gasteiger partial charge in [-0.2, -0.15) is 5.10 Å². The average molecular weight is 226 g/mol. The Morgan fingerprint density at radius 2 is 2.00 bits per heavy atom. The second-order valence-corrected chi connectivity index (χ2v) is 4.67. The lowest BCUT2D eigenvalue weighted by molar-refractivity contribution is -0.121. The normalized spacial score (nSPS) is 11.6. The topological polar surface area (TPSA) is 68.9 Å². The minimum Gasteiger partial charge on any atom is -0.358 e. The SMILES string of the molecule is CNC(=O)Cn1c(C)nn(C(C)(C)C)c1=O. The maximum Gasteiger partial charge on any atom is 0.346 e. The summed E-state index contributed by atoms with van der Waals surface area (Å²) in [7, 11) is 1.54. The van der Waals surface area contributed by atoms with Crippen LogP contribution >= 0.6 is 0 Å². The minimum atomic E-state index is -0.379. The van der Waals surface area contributed by atoms with Crippen LogP contribution in [-0.2, 0) is 16.9 Å². The van der Waals surface area contributed by atoms with Crippen molar-refractivity contribution in [1.82, 2.24) is 19.7 Å². The first-order chi connectivity index (χ1) is 7.27. The van der Waals surface area contributed by atoms with Gasteiger partial charge in [0.05, 0.1) is 5.54 Å². The van der Waals surface area contributed by atoms with Gasteiger partial charge in [0.25, 0.3) is 0 Å². The fourth-order valence-electron chi connectivity index (χ4n) is 1.34. The van der Waals surface area contributed by atoms with Gasteiger partial charge in [0.1, 0.15) is 12.4 Å². The monoisotopic (exact) mass is 226 g/mol. The van der Waals surface area contributed by atoms with Gasteiger partial charge in [-0.3, -0.25) is 9.36 Å². The van der Waals surface area contributed by atoms with Crippen LogP contribution < -0.4 is 11.0 Å². The van der Waals surface area contributed by atoms with Gasteiger partial charge in [-0.15, -0.1) is 0 Å². The molecule has 1 aromatic heterocycles. The average Bonchev–Trinajstić information content (AvgIpc) is 2.44. The third-order valence-electron chi connectivity index (χ3n) is 2.26. The van der Waals surface area contributed by atoms with Gasteiger partial charge in [0.2, 0.25) is 5.91 Å². The zero-order valence-corrected chi connectivity index (χ0v) is 10.4. The van der Waals surface area contributed by atoms with E-state index in [9.17, 15) is 9.59 Å². The smallest absolute Gasteiger partial charge is 0.346 e. The molecule has 1 aromatic rings. The Labute approximate surface area is 94.3 Å². The molecular formula is C10H18N4O2. The van der Waals surface area contributed by atoms with Gasteiger partial charge in [0, 0.05) is 7.05 Å². The number of aromatic nitrogens is 3. The highest BCUT2D eigenvalue weighted by Gasteiger charge is 2.21. The maximum absolute atomic E-state index is 12.0. The van der Waals surface area contributed by atoms with Crippen LogP contribution in [0.5, 0.6) is 0 Å². The van der Waals surface area contributed by atoms with Gasteiger partial charge in [-0.25, -0.2) is 9.48 Å². The Morgan fingerprint density at radius 3 is 2.38 bits per heavy atom. The third-order valence-corrected chi connectivity index (χ3v) is 2.26. The Hall–Kier alpha value is -1.59. The Morgan fingerprint density at radius 1 is 1.44 bits per heavy atom. The van der Waals surface area contributed by atoms with E-state index in [0.717, 1.165) is 0 Å². The molecule has 0 aliphatic rings.